The molecule has 0 spiro atoms. The van der Waals surface area contributed by atoms with E-state index in [-0.39, 0.29) is 11.5 Å². The van der Waals surface area contributed by atoms with Crippen LogP contribution in [0.2, 0.25) is 0 Å². The van der Waals surface area contributed by atoms with Gasteiger partial charge in [-0.05, 0) is 58.5 Å². The normalized spacial score (nSPS) is 11.0. The minimum Gasteiger partial charge on any atom is -0.507 e. The van der Waals surface area contributed by atoms with Crippen molar-refractivity contribution in [2.75, 3.05) is 6.61 Å². The fourth-order valence-corrected chi connectivity index (χ4v) is 3.95. The molecule has 0 amide bonds. The Morgan fingerprint density at radius 2 is 1.87 bits per heavy atom. The Hall–Kier alpha value is -2.80. The van der Waals surface area contributed by atoms with Gasteiger partial charge in [0, 0.05) is 29.9 Å². The van der Waals surface area contributed by atoms with E-state index < -0.39 is 0 Å². The molecule has 4 aromatic rings. The molecule has 1 aromatic heterocycles. The van der Waals surface area contributed by atoms with Gasteiger partial charge in [-0.3, -0.25) is 4.79 Å². The molecule has 0 aliphatic rings. The zero-order chi connectivity index (χ0) is 21.1. The van der Waals surface area contributed by atoms with Crippen molar-refractivity contribution < 1.29 is 19.1 Å². The maximum atomic E-state index is 13.2. The van der Waals surface area contributed by atoms with Gasteiger partial charge in [-0.25, -0.2) is 0 Å². The largest absolute Gasteiger partial charge is 0.507 e. The summed E-state index contributed by atoms with van der Waals surface area (Å²) in [7, 11) is 0. The predicted molar refractivity (Wildman–Crippen MR) is 125 cm³/mol. The van der Waals surface area contributed by atoms with Crippen LogP contribution in [0.25, 0.3) is 11.0 Å². The number of furan rings is 1. The lowest BCUT2D eigenvalue weighted by Crippen LogP contribution is -2.04. The Labute approximate surface area is 188 Å². The standard InChI is InChI=1S/C25H21IO4/c1-2-22-24(25(28)17-8-11-21(27)20(26)14-17)19-10-9-18(15-23(19)30-22)29-13-12-16-6-4-3-5-7-16/h3-11,14-15,27H,2,12-13H2,1H3. The number of carbonyl (C=O) groups excluding carboxylic acids is 1. The first-order chi connectivity index (χ1) is 14.6. The van der Waals surface area contributed by atoms with Crippen molar-refractivity contribution in [3.05, 3.63) is 92.8 Å². The quantitative estimate of drug-likeness (QED) is 0.238. The van der Waals surface area contributed by atoms with Crippen LogP contribution in [-0.4, -0.2) is 17.5 Å². The molecule has 0 aliphatic heterocycles. The third kappa shape index (κ3) is 4.21. The van der Waals surface area contributed by atoms with Gasteiger partial charge in [0.05, 0.1) is 15.7 Å². The zero-order valence-corrected chi connectivity index (χ0v) is 18.7. The molecule has 152 valence electrons. The molecular weight excluding hydrogens is 491 g/mol. The van der Waals surface area contributed by atoms with Crippen LogP contribution in [0.15, 0.2) is 71.1 Å². The highest BCUT2D eigenvalue weighted by Crippen LogP contribution is 2.32. The number of aryl methyl sites for hydroxylation is 1. The van der Waals surface area contributed by atoms with E-state index in [1.54, 1.807) is 18.2 Å². The number of ether oxygens (including phenoxy) is 1. The molecule has 0 fully saturated rings. The highest BCUT2D eigenvalue weighted by atomic mass is 127. The molecule has 1 heterocycles. The van der Waals surface area contributed by atoms with Crippen molar-refractivity contribution in [1.29, 1.82) is 0 Å². The average Bonchev–Trinajstić information content (AvgIpc) is 3.14. The second-order valence-corrected chi connectivity index (χ2v) is 8.15. The van der Waals surface area contributed by atoms with Crippen LogP contribution in [0.3, 0.4) is 0 Å². The van der Waals surface area contributed by atoms with Gasteiger partial charge in [-0.2, -0.15) is 0 Å². The van der Waals surface area contributed by atoms with E-state index in [1.165, 1.54) is 5.56 Å². The van der Waals surface area contributed by atoms with Gasteiger partial charge in [0.15, 0.2) is 5.78 Å². The van der Waals surface area contributed by atoms with Crippen molar-refractivity contribution in [2.24, 2.45) is 0 Å². The molecule has 0 aliphatic carbocycles. The molecule has 0 bridgehead atoms. The van der Waals surface area contributed by atoms with E-state index in [4.69, 9.17) is 9.15 Å². The summed E-state index contributed by atoms with van der Waals surface area (Å²) in [5, 5.41) is 10.5. The third-order valence-corrected chi connectivity index (χ3v) is 5.86. The van der Waals surface area contributed by atoms with Crippen LogP contribution in [-0.2, 0) is 12.8 Å². The molecule has 0 saturated carbocycles. The van der Waals surface area contributed by atoms with Crippen LogP contribution in [0.5, 0.6) is 11.5 Å². The molecule has 0 radical (unpaired) electrons. The van der Waals surface area contributed by atoms with Gasteiger partial charge >= 0.3 is 0 Å². The van der Waals surface area contributed by atoms with Crippen LogP contribution >= 0.6 is 22.6 Å². The summed E-state index contributed by atoms with van der Waals surface area (Å²) in [6.45, 7) is 2.53. The van der Waals surface area contributed by atoms with Gasteiger partial charge in [0.2, 0.25) is 0 Å². The minimum absolute atomic E-state index is 0.110. The average molecular weight is 512 g/mol. The summed E-state index contributed by atoms with van der Waals surface area (Å²) in [6, 6.07) is 20.7. The molecule has 5 heteroatoms. The number of rotatable bonds is 7. The number of fused-ring (bicyclic) bond motifs is 1. The lowest BCUT2D eigenvalue weighted by Gasteiger charge is -2.06. The number of aromatic hydroxyl groups is 1. The van der Waals surface area contributed by atoms with E-state index in [2.05, 4.69) is 12.1 Å². The fraction of sp³-hybridized carbons (Fsp3) is 0.160. The molecule has 1 N–H and O–H groups in total. The van der Waals surface area contributed by atoms with Crippen molar-refractivity contribution in [3.63, 3.8) is 0 Å². The highest BCUT2D eigenvalue weighted by Gasteiger charge is 2.22. The second-order valence-electron chi connectivity index (χ2n) is 6.99. The number of benzene rings is 3. The van der Waals surface area contributed by atoms with Crippen LogP contribution < -0.4 is 4.74 Å². The van der Waals surface area contributed by atoms with Gasteiger partial charge in [0.1, 0.15) is 22.8 Å². The molecule has 4 nitrogen and oxygen atoms in total. The number of halogens is 1. The molecule has 4 rings (SSSR count). The van der Waals surface area contributed by atoms with Crippen LogP contribution in [0.4, 0.5) is 0 Å². The molecule has 30 heavy (non-hydrogen) atoms. The summed E-state index contributed by atoms with van der Waals surface area (Å²) >= 11 is 2.02. The maximum absolute atomic E-state index is 13.2. The van der Waals surface area contributed by atoms with Crippen molar-refractivity contribution >= 4 is 39.3 Å². The van der Waals surface area contributed by atoms with Crippen molar-refractivity contribution in [1.82, 2.24) is 0 Å². The smallest absolute Gasteiger partial charge is 0.197 e. The Kier molecular flexibility index (Phi) is 6.08. The number of hydrogen-bond donors (Lipinski definition) is 1. The highest BCUT2D eigenvalue weighted by molar-refractivity contribution is 14.1. The van der Waals surface area contributed by atoms with Crippen LogP contribution in [0, 0.1) is 3.57 Å². The fourth-order valence-electron chi connectivity index (χ4n) is 3.44. The number of phenolic OH excluding ortho intramolecular Hbond substituents is 1. The summed E-state index contributed by atoms with van der Waals surface area (Å²) < 4.78 is 12.5. The second kappa shape index (κ2) is 8.92. The van der Waals surface area contributed by atoms with Gasteiger partial charge in [-0.1, -0.05) is 37.3 Å². The Balaban J connectivity index is 1.59. The number of phenols is 1. The summed E-state index contributed by atoms with van der Waals surface area (Å²) in [4.78, 5) is 13.2. The van der Waals surface area contributed by atoms with Gasteiger partial charge in [-0.15, -0.1) is 0 Å². The van der Waals surface area contributed by atoms with Crippen molar-refractivity contribution in [2.45, 2.75) is 19.8 Å². The van der Waals surface area contributed by atoms with E-state index in [9.17, 15) is 9.90 Å². The molecule has 3 aromatic carbocycles. The topological polar surface area (TPSA) is 59.7 Å². The maximum Gasteiger partial charge on any atom is 0.197 e. The van der Waals surface area contributed by atoms with Gasteiger partial charge in [0.25, 0.3) is 0 Å². The lowest BCUT2D eigenvalue weighted by molar-refractivity contribution is 0.103. The van der Waals surface area contributed by atoms with Gasteiger partial charge < -0.3 is 14.3 Å². The first kappa shape index (κ1) is 20.5. The van der Waals surface area contributed by atoms with E-state index >= 15 is 0 Å². The summed E-state index contributed by atoms with van der Waals surface area (Å²) in [5.74, 6) is 1.42. The van der Waals surface area contributed by atoms with Crippen molar-refractivity contribution in [3.8, 4) is 11.5 Å². The molecule has 0 saturated heterocycles. The SMILES string of the molecule is CCc1oc2cc(OCCc3ccccc3)ccc2c1C(=O)c1ccc(O)c(I)c1. The van der Waals surface area contributed by atoms with E-state index in [0.717, 1.165) is 11.8 Å². The lowest BCUT2D eigenvalue weighted by atomic mass is 9.99. The number of ketones is 1. The monoisotopic (exact) mass is 512 g/mol. The molecule has 0 atom stereocenters. The minimum atomic E-state index is -0.110. The molecule has 0 unspecified atom stereocenters. The Morgan fingerprint density at radius 1 is 1.07 bits per heavy atom. The summed E-state index contributed by atoms with van der Waals surface area (Å²) in [5.41, 5.74) is 2.96. The summed E-state index contributed by atoms with van der Waals surface area (Å²) in [6.07, 6.45) is 1.43. The molecular formula is C25H21IO4. The number of carbonyl (C=O) groups is 1. The Morgan fingerprint density at radius 3 is 2.60 bits per heavy atom. The third-order valence-electron chi connectivity index (χ3n) is 4.99. The first-order valence-electron chi connectivity index (χ1n) is 9.82. The van der Waals surface area contributed by atoms with E-state index in [1.807, 2.05) is 65.9 Å². The zero-order valence-electron chi connectivity index (χ0n) is 16.5. The Bertz CT molecular complexity index is 1190. The van der Waals surface area contributed by atoms with E-state index in [0.29, 0.717) is 44.8 Å². The predicted octanol–water partition coefficient (Wildman–Crippen LogP) is 6.16. The first-order valence-corrected chi connectivity index (χ1v) is 10.9. The number of hydrogen-bond acceptors (Lipinski definition) is 4. The van der Waals surface area contributed by atoms with Crippen LogP contribution in [0.1, 0.15) is 34.2 Å².